The highest BCUT2D eigenvalue weighted by Crippen LogP contribution is 2.19. The minimum absolute atomic E-state index is 0.0942. The van der Waals surface area contributed by atoms with Crippen molar-refractivity contribution < 1.29 is 9.63 Å². The summed E-state index contributed by atoms with van der Waals surface area (Å²) in [6, 6.07) is 17.6. The van der Waals surface area contributed by atoms with Crippen LogP contribution in [0, 0.1) is 0 Å². The van der Waals surface area contributed by atoms with Crippen LogP contribution in [0.25, 0.3) is 0 Å². The van der Waals surface area contributed by atoms with Gasteiger partial charge in [-0.25, -0.2) is 0 Å². The van der Waals surface area contributed by atoms with E-state index in [0.717, 1.165) is 16.8 Å². The summed E-state index contributed by atoms with van der Waals surface area (Å²) in [7, 11) is 0. The minimum atomic E-state index is -0.120. The van der Waals surface area contributed by atoms with E-state index >= 15 is 0 Å². The Labute approximate surface area is 153 Å². The zero-order chi connectivity index (χ0) is 17.6. The fourth-order valence-corrected chi connectivity index (χ4v) is 3.12. The first-order valence-electron chi connectivity index (χ1n) is 8.46. The van der Waals surface area contributed by atoms with Crippen molar-refractivity contribution in [3.05, 3.63) is 70.7 Å². The van der Waals surface area contributed by atoms with E-state index in [1.165, 1.54) is 0 Å². The molecule has 1 heterocycles. The van der Waals surface area contributed by atoms with Crippen LogP contribution in [0.3, 0.4) is 0 Å². The maximum absolute atomic E-state index is 12.3. The molecule has 1 aliphatic heterocycles. The third kappa shape index (κ3) is 4.60. The van der Waals surface area contributed by atoms with Crippen molar-refractivity contribution >= 4 is 23.2 Å². The summed E-state index contributed by atoms with van der Waals surface area (Å²) in [6.07, 6.45) is 1.04. The lowest BCUT2D eigenvalue weighted by molar-refractivity contribution is -0.133. The Morgan fingerprint density at radius 3 is 2.76 bits per heavy atom. The number of benzene rings is 2. The third-order valence-corrected chi connectivity index (χ3v) is 4.42. The number of oxime groups is 1. The molecule has 3 rings (SSSR count). The monoisotopic (exact) mass is 356 g/mol. The number of halogens is 1. The molecule has 0 N–H and O–H groups in total. The smallest absolute Gasteiger partial charge is 0.222 e. The molecular formula is C20H21ClN2O2. The van der Waals surface area contributed by atoms with Crippen LogP contribution in [0.5, 0.6) is 0 Å². The Morgan fingerprint density at radius 1 is 1.24 bits per heavy atom. The summed E-state index contributed by atoms with van der Waals surface area (Å²) < 4.78 is 0. The average Bonchev–Trinajstić information content (AvgIpc) is 3.10. The van der Waals surface area contributed by atoms with Crippen molar-refractivity contribution in [3.8, 4) is 0 Å². The fourth-order valence-electron chi connectivity index (χ4n) is 2.91. The van der Waals surface area contributed by atoms with Crippen molar-refractivity contribution in [2.24, 2.45) is 5.16 Å². The highest BCUT2D eigenvalue weighted by Gasteiger charge is 2.26. The van der Waals surface area contributed by atoms with Crippen LogP contribution < -0.4 is 0 Å². The second kappa shape index (κ2) is 8.17. The van der Waals surface area contributed by atoms with Gasteiger partial charge in [-0.1, -0.05) is 66.1 Å². The van der Waals surface area contributed by atoms with Crippen LogP contribution in [-0.2, 0) is 16.2 Å². The predicted molar refractivity (Wildman–Crippen MR) is 99.6 cm³/mol. The molecule has 0 saturated carbocycles. The van der Waals surface area contributed by atoms with Gasteiger partial charge in [-0.05, 0) is 23.3 Å². The minimum Gasteiger partial charge on any atom is -0.390 e. The first kappa shape index (κ1) is 17.5. The van der Waals surface area contributed by atoms with Crippen molar-refractivity contribution in [3.63, 3.8) is 0 Å². The van der Waals surface area contributed by atoms with E-state index in [0.29, 0.717) is 31.0 Å². The van der Waals surface area contributed by atoms with Crippen molar-refractivity contribution in [2.45, 2.75) is 32.4 Å². The normalized spacial score (nSPS) is 16.2. The number of nitrogens with zero attached hydrogens (tertiary/aromatic N) is 2. The number of carbonyl (C=O) groups is 1. The molecule has 0 saturated heterocycles. The topological polar surface area (TPSA) is 41.9 Å². The molecule has 0 radical (unpaired) electrons. The van der Waals surface area contributed by atoms with E-state index in [2.05, 4.69) is 5.16 Å². The highest BCUT2D eigenvalue weighted by atomic mass is 35.5. The molecule has 1 amide bonds. The van der Waals surface area contributed by atoms with Gasteiger partial charge in [0, 0.05) is 24.4 Å². The zero-order valence-corrected chi connectivity index (χ0v) is 14.9. The lowest BCUT2D eigenvalue weighted by atomic mass is 10.0. The summed E-state index contributed by atoms with van der Waals surface area (Å²) in [6.45, 7) is 2.90. The van der Waals surface area contributed by atoms with Gasteiger partial charge in [-0.3, -0.25) is 4.79 Å². The number of hydrogen-bond donors (Lipinski definition) is 0. The first-order chi connectivity index (χ1) is 12.2. The predicted octanol–water partition coefficient (Wildman–Crippen LogP) is 4.27. The summed E-state index contributed by atoms with van der Waals surface area (Å²) in [5.74, 6) is 0.0942. The van der Waals surface area contributed by atoms with Gasteiger partial charge in [0.05, 0.1) is 12.3 Å². The number of hydrogen-bond acceptors (Lipinski definition) is 3. The molecule has 5 heteroatoms. The van der Waals surface area contributed by atoms with E-state index in [1.54, 1.807) is 0 Å². The SMILES string of the molecule is CCC(=O)N(Cc1cccc(Cl)c1)C[C@@H]1CC(c2ccccc2)=NO1. The Balaban J connectivity index is 1.65. The molecular weight excluding hydrogens is 336 g/mol. The largest absolute Gasteiger partial charge is 0.390 e. The molecule has 2 aromatic carbocycles. The lowest BCUT2D eigenvalue weighted by Crippen LogP contribution is -2.36. The van der Waals surface area contributed by atoms with Crippen molar-refractivity contribution in [1.29, 1.82) is 0 Å². The van der Waals surface area contributed by atoms with Crippen molar-refractivity contribution in [2.75, 3.05) is 6.54 Å². The molecule has 0 fully saturated rings. The standard InChI is InChI=1S/C20H21ClN2O2/c1-2-20(24)23(13-15-7-6-10-17(21)11-15)14-18-12-19(22-25-18)16-8-4-3-5-9-16/h3-11,18H,2,12-14H2,1H3/t18-/m0/s1. The number of carbonyl (C=O) groups excluding carboxylic acids is 1. The van der Waals surface area contributed by atoms with Crippen LogP contribution in [0.4, 0.5) is 0 Å². The van der Waals surface area contributed by atoms with Gasteiger partial charge in [0.2, 0.25) is 5.91 Å². The Hall–Kier alpha value is -2.33. The molecule has 25 heavy (non-hydrogen) atoms. The maximum atomic E-state index is 12.3. The molecule has 4 nitrogen and oxygen atoms in total. The van der Waals surface area contributed by atoms with Crippen LogP contribution in [-0.4, -0.2) is 29.2 Å². The first-order valence-corrected chi connectivity index (χ1v) is 8.84. The van der Waals surface area contributed by atoms with Crippen LogP contribution in [0.2, 0.25) is 5.02 Å². The average molecular weight is 357 g/mol. The molecule has 0 aromatic heterocycles. The molecule has 130 valence electrons. The quantitative estimate of drug-likeness (QED) is 0.775. The Kier molecular flexibility index (Phi) is 5.71. The molecule has 2 aromatic rings. The van der Waals surface area contributed by atoms with E-state index in [-0.39, 0.29) is 12.0 Å². The van der Waals surface area contributed by atoms with Gasteiger partial charge in [0.15, 0.2) is 6.10 Å². The van der Waals surface area contributed by atoms with Crippen molar-refractivity contribution in [1.82, 2.24) is 4.90 Å². The van der Waals surface area contributed by atoms with Gasteiger partial charge in [0.25, 0.3) is 0 Å². The second-order valence-corrected chi connectivity index (χ2v) is 6.53. The number of rotatable bonds is 6. The van der Waals surface area contributed by atoms with E-state index in [9.17, 15) is 4.79 Å². The summed E-state index contributed by atoms with van der Waals surface area (Å²) in [5.41, 5.74) is 3.00. The van der Waals surface area contributed by atoms with Gasteiger partial charge in [0.1, 0.15) is 0 Å². The summed E-state index contributed by atoms with van der Waals surface area (Å²) in [5, 5.41) is 4.88. The molecule has 1 aliphatic rings. The van der Waals surface area contributed by atoms with Gasteiger partial charge in [-0.2, -0.15) is 0 Å². The fraction of sp³-hybridized carbons (Fsp3) is 0.300. The molecule has 0 spiro atoms. The Morgan fingerprint density at radius 2 is 2.04 bits per heavy atom. The summed E-state index contributed by atoms with van der Waals surface area (Å²) >= 11 is 6.05. The van der Waals surface area contributed by atoms with Crippen LogP contribution >= 0.6 is 11.6 Å². The highest BCUT2D eigenvalue weighted by molar-refractivity contribution is 6.30. The van der Waals surface area contributed by atoms with E-state index in [1.807, 2.05) is 66.4 Å². The molecule has 0 aliphatic carbocycles. The van der Waals surface area contributed by atoms with E-state index < -0.39 is 0 Å². The summed E-state index contributed by atoms with van der Waals surface area (Å²) in [4.78, 5) is 19.7. The maximum Gasteiger partial charge on any atom is 0.222 e. The zero-order valence-electron chi connectivity index (χ0n) is 14.2. The Bertz CT molecular complexity index is 761. The molecule has 1 atom stereocenters. The lowest BCUT2D eigenvalue weighted by Gasteiger charge is -2.24. The second-order valence-electron chi connectivity index (χ2n) is 6.09. The van der Waals surface area contributed by atoms with Crippen LogP contribution in [0.15, 0.2) is 59.8 Å². The number of amides is 1. The van der Waals surface area contributed by atoms with Gasteiger partial charge in [-0.15, -0.1) is 0 Å². The van der Waals surface area contributed by atoms with E-state index in [4.69, 9.17) is 16.4 Å². The van der Waals surface area contributed by atoms with Gasteiger partial charge < -0.3 is 9.74 Å². The molecule has 0 bridgehead atoms. The van der Waals surface area contributed by atoms with Gasteiger partial charge >= 0.3 is 0 Å². The third-order valence-electron chi connectivity index (χ3n) is 4.18. The molecule has 0 unspecified atom stereocenters. The van der Waals surface area contributed by atoms with Crippen LogP contribution in [0.1, 0.15) is 30.9 Å².